The predicted octanol–water partition coefficient (Wildman–Crippen LogP) is 1.11. The molecule has 0 unspecified atom stereocenters. The van der Waals surface area contributed by atoms with Gasteiger partial charge in [-0.2, -0.15) is 0 Å². The Hall–Kier alpha value is -3.51. The van der Waals surface area contributed by atoms with Crippen molar-refractivity contribution in [3.63, 3.8) is 0 Å². The Labute approximate surface area is 195 Å². The molecule has 4 rings (SSSR count). The zero-order valence-corrected chi connectivity index (χ0v) is 19.8. The van der Waals surface area contributed by atoms with E-state index >= 15 is 0 Å². The second-order valence-corrected chi connectivity index (χ2v) is 9.91. The third kappa shape index (κ3) is 4.33. The molecular formula is C22H25N5O6S. The molecule has 1 aliphatic carbocycles. The van der Waals surface area contributed by atoms with Gasteiger partial charge in [0.1, 0.15) is 16.3 Å². The normalized spacial score (nSPS) is 14.4. The molecule has 1 saturated carbocycles. The number of nitrogens with one attached hydrogen (secondary N) is 2. The summed E-state index contributed by atoms with van der Waals surface area (Å²) >= 11 is 0. The number of benzene rings is 1. The molecule has 2 N–H and O–H groups in total. The van der Waals surface area contributed by atoms with Crippen LogP contribution in [0.15, 0.2) is 44.9 Å². The van der Waals surface area contributed by atoms with Crippen molar-refractivity contribution in [2.45, 2.75) is 36.6 Å². The van der Waals surface area contributed by atoms with E-state index in [0.29, 0.717) is 0 Å². The quantitative estimate of drug-likeness (QED) is 0.531. The van der Waals surface area contributed by atoms with Crippen molar-refractivity contribution in [3.05, 3.63) is 56.9 Å². The number of amides is 1. The molecule has 0 atom stereocenters. The number of hydrogen-bond acceptors (Lipinski definition) is 7. The van der Waals surface area contributed by atoms with E-state index in [0.717, 1.165) is 30.3 Å². The van der Waals surface area contributed by atoms with Crippen molar-refractivity contribution in [1.29, 1.82) is 0 Å². The summed E-state index contributed by atoms with van der Waals surface area (Å²) in [6.07, 6.45) is 4.78. The van der Waals surface area contributed by atoms with E-state index < -0.39 is 27.2 Å². The number of aryl methyl sites for hydroxylation is 1. The number of aromatic nitrogens is 3. The second kappa shape index (κ2) is 9.03. The van der Waals surface area contributed by atoms with Gasteiger partial charge in [0, 0.05) is 25.7 Å². The van der Waals surface area contributed by atoms with E-state index in [1.165, 1.54) is 56.2 Å². The molecule has 11 nitrogen and oxygen atoms in total. The summed E-state index contributed by atoms with van der Waals surface area (Å²) in [7, 11) is 0.302. The van der Waals surface area contributed by atoms with Gasteiger partial charge in [0.2, 0.25) is 10.0 Å². The second-order valence-electron chi connectivity index (χ2n) is 8.22. The number of anilines is 1. The number of hydrogen-bond donors (Lipinski definition) is 2. The monoisotopic (exact) mass is 487 g/mol. The van der Waals surface area contributed by atoms with E-state index in [-0.39, 0.29) is 39.0 Å². The van der Waals surface area contributed by atoms with Gasteiger partial charge in [-0.15, -0.1) is 0 Å². The molecule has 1 fully saturated rings. The Balaban J connectivity index is 1.66. The molecule has 2 aromatic heterocycles. The number of fused-ring (bicyclic) bond motifs is 1. The summed E-state index contributed by atoms with van der Waals surface area (Å²) in [6, 6.07) is 5.39. The van der Waals surface area contributed by atoms with Gasteiger partial charge in [-0.1, -0.05) is 12.8 Å². The Bertz CT molecular complexity index is 1500. The van der Waals surface area contributed by atoms with E-state index in [9.17, 15) is 22.8 Å². The van der Waals surface area contributed by atoms with Crippen LogP contribution in [0.2, 0.25) is 0 Å². The van der Waals surface area contributed by atoms with Crippen LogP contribution in [0.4, 0.5) is 5.69 Å². The van der Waals surface area contributed by atoms with Crippen LogP contribution in [-0.4, -0.2) is 41.6 Å². The zero-order valence-electron chi connectivity index (χ0n) is 19.0. The lowest BCUT2D eigenvalue weighted by atomic mass is 10.2. The first-order valence-electron chi connectivity index (χ1n) is 10.7. The number of sulfonamides is 1. The van der Waals surface area contributed by atoms with Crippen LogP contribution in [0, 0.1) is 0 Å². The predicted molar refractivity (Wildman–Crippen MR) is 126 cm³/mol. The summed E-state index contributed by atoms with van der Waals surface area (Å²) in [5, 5.41) is 2.78. The van der Waals surface area contributed by atoms with Crippen molar-refractivity contribution < 1.29 is 17.9 Å². The van der Waals surface area contributed by atoms with Gasteiger partial charge >= 0.3 is 5.69 Å². The van der Waals surface area contributed by atoms with Crippen LogP contribution in [0.5, 0.6) is 5.75 Å². The highest BCUT2D eigenvalue weighted by atomic mass is 32.2. The average molecular weight is 488 g/mol. The highest BCUT2D eigenvalue weighted by Gasteiger charge is 2.26. The first-order chi connectivity index (χ1) is 16.1. The van der Waals surface area contributed by atoms with Crippen molar-refractivity contribution in [1.82, 2.24) is 18.8 Å². The summed E-state index contributed by atoms with van der Waals surface area (Å²) in [5.41, 5.74) is -0.571. The highest BCUT2D eigenvalue weighted by Crippen LogP contribution is 2.27. The number of carbonyl (C=O) groups excluding carboxylic acids is 1. The Morgan fingerprint density at radius 3 is 2.50 bits per heavy atom. The molecule has 1 aromatic carbocycles. The SMILES string of the molecule is COc1ccc(C(=O)Nc2cnc3c(c2)c(=O)n(C)c(=O)n3C)cc1S(=O)(=O)NC1CCCC1. The van der Waals surface area contributed by atoms with Gasteiger partial charge in [-0.05, 0) is 37.1 Å². The highest BCUT2D eigenvalue weighted by molar-refractivity contribution is 7.89. The fraction of sp³-hybridized carbons (Fsp3) is 0.364. The largest absolute Gasteiger partial charge is 0.495 e. The number of ether oxygens (including phenoxy) is 1. The molecule has 180 valence electrons. The summed E-state index contributed by atoms with van der Waals surface area (Å²) in [5.74, 6) is -0.471. The van der Waals surface area contributed by atoms with E-state index in [4.69, 9.17) is 4.74 Å². The Kier molecular flexibility index (Phi) is 6.28. The van der Waals surface area contributed by atoms with Crippen LogP contribution in [-0.2, 0) is 24.1 Å². The standard InChI is InChI=1S/C22H25N5O6S/c1-26-19-16(21(29)27(2)22(26)30)11-15(12-23-19)24-20(28)13-8-9-17(33-3)18(10-13)34(31,32)25-14-6-4-5-7-14/h8-12,14,25H,4-7H2,1-3H3,(H,24,28). The summed E-state index contributed by atoms with van der Waals surface area (Å²) in [6.45, 7) is 0. The Morgan fingerprint density at radius 2 is 1.82 bits per heavy atom. The number of rotatable bonds is 6. The number of pyridine rings is 1. The van der Waals surface area contributed by atoms with Crippen LogP contribution >= 0.6 is 0 Å². The summed E-state index contributed by atoms with van der Waals surface area (Å²) in [4.78, 5) is 41.5. The van der Waals surface area contributed by atoms with Crippen molar-refractivity contribution in [3.8, 4) is 5.75 Å². The molecule has 3 aromatic rings. The van der Waals surface area contributed by atoms with Crippen LogP contribution in [0.3, 0.4) is 0 Å². The fourth-order valence-corrected chi connectivity index (χ4v) is 5.59. The molecule has 12 heteroatoms. The first kappa shape index (κ1) is 23.6. The maximum atomic E-state index is 13.0. The van der Waals surface area contributed by atoms with Gasteiger partial charge in [-0.3, -0.25) is 18.7 Å². The van der Waals surface area contributed by atoms with Crippen LogP contribution < -0.4 is 26.0 Å². The zero-order chi connectivity index (χ0) is 24.6. The van der Waals surface area contributed by atoms with Gasteiger partial charge in [0.25, 0.3) is 11.5 Å². The summed E-state index contributed by atoms with van der Waals surface area (Å²) < 4.78 is 36.1. The average Bonchev–Trinajstić information content (AvgIpc) is 3.33. The molecule has 0 aliphatic heterocycles. The smallest absolute Gasteiger partial charge is 0.332 e. The Morgan fingerprint density at radius 1 is 1.12 bits per heavy atom. The molecule has 0 spiro atoms. The van der Waals surface area contributed by atoms with Crippen molar-refractivity contribution in [2.24, 2.45) is 14.1 Å². The van der Waals surface area contributed by atoms with Crippen molar-refractivity contribution in [2.75, 3.05) is 12.4 Å². The maximum Gasteiger partial charge on any atom is 0.332 e. The van der Waals surface area contributed by atoms with E-state index in [2.05, 4.69) is 15.0 Å². The number of methoxy groups -OCH3 is 1. The third-order valence-corrected chi connectivity index (χ3v) is 7.49. The van der Waals surface area contributed by atoms with E-state index in [1.54, 1.807) is 0 Å². The molecule has 1 amide bonds. The minimum absolute atomic E-state index is 0.0843. The molecule has 0 radical (unpaired) electrons. The number of nitrogens with zero attached hydrogens (tertiary/aromatic N) is 3. The van der Waals surface area contributed by atoms with Gasteiger partial charge in [-0.25, -0.2) is 22.9 Å². The lowest BCUT2D eigenvalue weighted by Gasteiger charge is -2.16. The topological polar surface area (TPSA) is 141 Å². The molecule has 0 saturated heterocycles. The minimum atomic E-state index is -3.91. The molecule has 34 heavy (non-hydrogen) atoms. The maximum absolute atomic E-state index is 13.0. The van der Waals surface area contributed by atoms with Crippen LogP contribution in [0.25, 0.3) is 11.0 Å². The van der Waals surface area contributed by atoms with Gasteiger partial charge in [0.05, 0.1) is 24.4 Å². The van der Waals surface area contributed by atoms with Gasteiger partial charge in [0.15, 0.2) is 0 Å². The fourth-order valence-electron chi connectivity index (χ4n) is 4.09. The molecular weight excluding hydrogens is 462 g/mol. The van der Waals surface area contributed by atoms with Crippen LogP contribution in [0.1, 0.15) is 36.0 Å². The lowest BCUT2D eigenvalue weighted by molar-refractivity contribution is 0.102. The first-order valence-corrected chi connectivity index (χ1v) is 12.2. The minimum Gasteiger partial charge on any atom is -0.495 e. The number of carbonyl (C=O) groups is 1. The molecule has 0 bridgehead atoms. The van der Waals surface area contributed by atoms with E-state index in [1.807, 2.05) is 0 Å². The van der Waals surface area contributed by atoms with Crippen molar-refractivity contribution >= 4 is 32.7 Å². The third-order valence-electron chi connectivity index (χ3n) is 5.94. The molecule has 1 aliphatic rings. The lowest BCUT2D eigenvalue weighted by Crippen LogP contribution is -2.37. The van der Waals surface area contributed by atoms with Gasteiger partial charge < -0.3 is 10.1 Å². The molecule has 2 heterocycles.